The lowest BCUT2D eigenvalue weighted by molar-refractivity contribution is -0.171. The highest BCUT2D eigenvalue weighted by Crippen LogP contribution is 2.41. The molecule has 0 saturated carbocycles. The normalized spacial score (nSPS) is 16.7. The van der Waals surface area contributed by atoms with Crippen molar-refractivity contribution in [1.82, 2.24) is 10.2 Å². The number of nitrogens with zero attached hydrogens (tertiary/aromatic N) is 2. The first kappa shape index (κ1) is 26.0. The van der Waals surface area contributed by atoms with E-state index in [4.69, 9.17) is 21.1 Å². The first-order valence-electron chi connectivity index (χ1n) is 12.7. The zero-order valence-electron chi connectivity index (χ0n) is 22.0. The Morgan fingerprint density at radius 3 is 2.58 bits per heavy atom. The molecule has 6 nitrogen and oxygen atoms in total. The van der Waals surface area contributed by atoms with Gasteiger partial charge in [-0.2, -0.15) is 10.4 Å². The minimum Gasteiger partial charge on any atom is -0.454 e. The highest BCUT2D eigenvalue weighted by molar-refractivity contribution is 6.32. The third kappa shape index (κ3) is 5.45. The predicted octanol–water partition coefficient (Wildman–Crippen LogP) is 8.10. The fourth-order valence-corrected chi connectivity index (χ4v) is 5.99. The molecular weight excluding hydrogens is 498 g/mol. The molecule has 0 unspecified atom stereocenters. The summed E-state index contributed by atoms with van der Waals surface area (Å²) in [6.45, 7) is 8.31. The Kier molecular flexibility index (Phi) is 6.77. The van der Waals surface area contributed by atoms with E-state index in [9.17, 15) is 10.1 Å². The summed E-state index contributed by atoms with van der Waals surface area (Å²) in [5, 5.41) is 18.3. The number of halogens is 1. The smallest absolute Gasteiger partial charge is 0.163 e. The Hall–Kier alpha value is -3.66. The number of ketones is 1. The molecule has 0 bridgehead atoms. The van der Waals surface area contributed by atoms with Crippen LogP contribution in [-0.4, -0.2) is 27.2 Å². The Morgan fingerprint density at radius 2 is 1.87 bits per heavy atom. The lowest BCUT2D eigenvalue weighted by Gasteiger charge is -2.45. The molecule has 7 heteroatoms. The van der Waals surface area contributed by atoms with Gasteiger partial charge in [-0.3, -0.25) is 9.89 Å². The maximum Gasteiger partial charge on any atom is 0.163 e. The van der Waals surface area contributed by atoms with Gasteiger partial charge in [-0.1, -0.05) is 35.9 Å². The SMILES string of the molecule is CC1(C)CC(CC(=O)c2ccc(Oc3cccc(-c4ccc5cn[nH]c5c4)c3C#N)c(Cl)c2)CC(C)(C)O1. The lowest BCUT2D eigenvalue weighted by atomic mass is 9.78. The van der Waals surface area contributed by atoms with Gasteiger partial charge in [-0.15, -0.1) is 0 Å². The van der Waals surface area contributed by atoms with Crippen molar-refractivity contribution in [2.24, 2.45) is 5.92 Å². The molecule has 5 rings (SSSR count). The number of fused-ring (bicyclic) bond motifs is 1. The number of benzene rings is 3. The molecule has 0 radical (unpaired) electrons. The Labute approximate surface area is 227 Å². The van der Waals surface area contributed by atoms with Gasteiger partial charge < -0.3 is 9.47 Å². The molecule has 2 heterocycles. The zero-order valence-corrected chi connectivity index (χ0v) is 22.7. The summed E-state index contributed by atoms with van der Waals surface area (Å²) in [6, 6.07) is 18.7. The van der Waals surface area contributed by atoms with E-state index in [2.05, 4.69) is 44.0 Å². The van der Waals surface area contributed by atoms with Crippen LogP contribution in [0.25, 0.3) is 22.0 Å². The second-order valence-electron chi connectivity index (χ2n) is 11.2. The third-order valence-corrected chi connectivity index (χ3v) is 7.25. The van der Waals surface area contributed by atoms with Crippen LogP contribution in [0.5, 0.6) is 11.5 Å². The van der Waals surface area contributed by atoms with Crippen molar-refractivity contribution < 1.29 is 14.3 Å². The summed E-state index contributed by atoms with van der Waals surface area (Å²) < 4.78 is 12.3. The molecule has 3 aromatic carbocycles. The van der Waals surface area contributed by atoms with Crippen molar-refractivity contribution in [3.05, 3.63) is 76.9 Å². The number of aromatic amines is 1. The van der Waals surface area contributed by atoms with E-state index < -0.39 is 0 Å². The number of H-pyrrole nitrogens is 1. The number of nitriles is 1. The molecule has 0 spiro atoms. The molecule has 4 aromatic rings. The largest absolute Gasteiger partial charge is 0.454 e. The zero-order chi connectivity index (χ0) is 27.1. The molecule has 1 fully saturated rings. The van der Waals surface area contributed by atoms with Crippen LogP contribution >= 0.6 is 11.6 Å². The number of Topliss-reactive ketones (excluding diaryl/α,β-unsaturated/α-hetero) is 1. The van der Waals surface area contributed by atoms with Crippen LogP contribution in [0.15, 0.2) is 60.8 Å². The van der Waals surface area contributed by atoms with Crippen LogP contribution in [0.2, 0.25) is 5.02 Å². The summed E-state index contributed by atoms with van der Waals surface area (Å²) in [5.74, 6) is 1.06. The van der Waals surface area contributed by atoms with E-state index in [0.29, 0.717) is 34.1 Å². The predicted molar refractivity (Wildman–Crippen MR) is 149 cm³/mol. The second kappa shape index (κ2) is 9.90. The number of rotatable bonds is 6. The van der Waals surface area contributed by atoms with Gasteiger partial charge in [-0.25, -0.2) is 0 Å². The van der Waals surface area contributed by atoms with Crippen molar-refractivity contribution >= 4 is 28.3 Å². The van der Waals surface area contributed by atoms with Gasteiger partial charge in [0.2, 0.25) is 0 Å². The van der Waals surface area contributed by atoms with Crippen LogP contribution < -0.4 is 4.74 Å². The molecule has 1 N–H and O–H groups in total. The standard InChI is InChI=1S/C31H30ClN3O3/c1-30(2)15-19(16-31(3,4)38-30)12-27(36)21-10-11-29(25(32)13-21)37-28-7-5-6-23(24(28)17-33)20-8-9-22-18-34-35-26(22)14-20/h5-11,13-14,18-19H,12,15-16H2,1-4H3,(H,34,35). The van der Waals surface area contributed by atoms with E-state index in [1.807, 2.05) is 30.3 Å². The molecule has 0 amide bonds. The minimum atomic E-state index is -0.265. The monoisotopic (exact) mass is 527 g/mol. The topological polar surface area (TPSA) is 88.0 Å². The van der Waals surface area contributed by atoms with E-state index in [0.717, 1.165) is 34.9 Å². The van der Waals surface area contributed by atoms with Crippen molar-refractivity contribution in [1.29, 1.82) is 5.26 Å². The second-order valence-corrected chi connectivity index (χ2v) is 11.6. The van der Waals surface area contributed by atoms with Crippen LogP contribution in [0.3, 0.4) is 0 Å². The maximum atomic E-state index is 13.1. The van der Waals surface area contributed by atoms with Crippen molar-refractivity contribution in [2.75, 3.05) is 0 Å². The summed E-state index contributed by atoms with van der Waals surface area (Å²) in [4.78, 5) is 13.1. The van der Waals surface area contributed by atoms with Crippen LogP contribution in [0.1, 0.15) is 62.9 Å². The molecule has 0 aliphatic carbocycles. The highest BCUT2D eigenvalue weighted by atomic mass is 35.5. The molecule has 1 aliphatic rings. The number of carbonyl (C=O) groups excluding carboxylic acids is 1. The molecule has 0 atom stereocenters. The van der Waals surface area contributed by atoms with Gasteiger partial charge in [0.15, 0.2) is 5.78 Å². The molecular formula is C31H30ClN3O3. The summed E-state index contributed by atoms with van der Waals surface area (Å²) in [5.41, 5.74) is 2.91. The van der Waals surface area contributed by atoms with Gasteiger partial charge in [0.05, 0.1) is 27.9 Å². The minimum absolute atomic E-state index is 0.0471. The van der Waals surface area contributed by atoms with Crippen molar-refractivity contribution in [3.63, 3.8) is 0 Å². The number of aromatic nitrogens is 2. The van der Waals surface area contributed by atoms with Gasteiger partial charge >= 0.3 is 0 Å². The Balaban J connectivity index is 1.36. The third-order valence-electron chi connectivity index (χ3n) is 6.95. The van der Waals surface area contributed by atoms with E-state index in [1.165, 1.54) is 0 Å². The molecule has 194 valence electrons. The first-order valence-corrected chi connectivity index (χ1v) is 13.1. The summed E-state index contributed by atoms with van der Waals surface area (Å²) in [6.07, 6.45) is 3.86. The van der Waals surface area contributed by atoms with Crippen LogP contribution in [-0.2, 0) is 4.74 Å². The summed E-state index contributed by atoms with van der Waals surface area (Å²) in [7, 11) is 0. The van der Waals surface area contributed by atoms with E-state index in [-0.39, 0.29) is 22.9 Å². The average molecular weight is 528 g/mol. The molecule has 38 heavy (non-hydrogen) atoms. The number of carbonyl (C=O) groups is 1. The molecule has 1 aromatic heterocycles. The molecule has 1 saturated heterocycles. The van der Waals surface area contributed by atoms with Crippen molar-refractivity contribution in [3.8, 4) is 28.7 Å². The van der Waals surface area contributed by atoms with Gasteiger partial charge in [0, 0.05) is 22.9 Å². The number of nitrogens with one attached hydrogen (secondary N) is 1. The quantitative estimate of drug-likeness (QED) is 0.256. The van der Waals surface area contributed by atoms with Crippen LogP contribution in [0.4, 0.5) is 0 Å². The Morgan fingerprint density at radius 1 is 1.11 bits per heavy atom. The van der Waals surface area contributed by atoms with Gasteiger partial charge in [0.25, 0.3) is 0 Å². The summed E-state index contributed by atoms with van der Waals surface area (Å²) >= 11 is 6.57. The van der Waals surface area contributed by atoms with Gasteiger partial charge in [-0.05, 0) is 82.3 Å². The average Bonchev–Trinajstić information content (AvgIpc) is 3.31. The first-order chi connectivity index (χ1) is 18.0. The van der Waals surface area contributed by atoms with E-state index >= 15 is 0 Å². The number of hydrogen-bond acceptors (Lipinski definition) is 5. The van der Waals surface area contributed by atoms with Gasteiger partial charge in [0.1, 0.15) is 23.1 Å². The molecule has 1 aliphatic heterocycles. The fourth-order valence-electron chi connectivity index (χ4n) is 5.77. The number of hydrogen-bond donors (Lipinski definition) is 1. The fraction of sp³-hybridized carbons (Fsp3) is 0.323. The van der Waals surface area contributed by atoms with Crippen molar-refractivity contribution in [2.45, 2.75) is 58.2 Å². The Bertz CT molecular complexity index is 1550. The lowest BCUT2D eigenvalue weighted by Crippen LogP contribution is -2.45. The number of ether oxygens (including phenoxy) is 2. The van der Waals surface area contributed by atoms with Crippen LogP contribution in [0, 0.1) is 17.2 Å². The maximum absolute atomic E-state index is 13.1. The van der Waals surface area contributed by atoms with E-state index in [1.54, 1.807) is 30.5 Å². The highest BCUT2D eigenvalue weighted by Gasteiger charge is 2.39.